The summed E-state index contributed by atoms with van der Waals surface area (Å²) in [5, 5.41) is 11.1. The van der Waals surface area contributed by atoms with Crippen molar-refractivity contribution in [2.45, 2.75) is 19.6 Å². The summed E-state index contributed by atoms with van der Waals surface area (Å²) in [5.74, 6) is -0.880. The third kappa shape index (κ3) is 2.92. The van der Waals surface area contributed by atoms with E-state index >= 15 is 0 Å². The van der Waals surface area contributed by atoms with Crippen molar-refractivity contribution in [3.05, 3.63) is 0 Å². The van der Waals surface area contributed by atoms with Crippen molar-refractivity contribution < 1.29 is 19.9 Å². The number of rotatable bonds is 3. The Kier molecular flexibility index (Phi) is 2.93. The van der Waals surface area contributed by atoms with Gasteiger partial charge in [-0.1, -0.05) is 5.04 Å². The predicted octanol–water partition coefficient (Wildman–Crippen LogP) is 0.790. The van der Waals surface area contributed by atoms with Crippen molar-refractivity contribution >= 4 is 0 Å². The normalized spacial score (nSPS) is 12.0. The van der Waals surface area contributed by atoms with Crippen LogP contribution < -0.4 is 0 Å². The maximum absolute atomic E-state index is 7.73. The largest absolute Gasteiger partial charge is 0.351 e. The number of methoxy groups -OCH3 is 1. The van der Waals surface area contributed by atoms with Gasteiger partial charge in [0.25, 0.3) is 0 Å². The van der Waals surface area contributed by atoms with Crippen LogP contribution in [0.25, 0.3) is 0 Å². The topological polar surface area (TPSA) is 47.9 Å². The Balaban J connectivity index is 3.37. The van der Waals surface area contributed by atoms with Gasteiger partial charge in [-0.2, -0.15) is 4.89 Å². The lowest BCUT2D eigenvalue weighted by molar-refractivity contribution is -0.549. The molecule has 0 aromatic rings. The smallest absolute Gasteiger partial charge is 0.198 e. The second-order valence-electron chi connectivity index (χ2n) is 1.76. The monoisotopic (exact) mass is 122 g/mol. The molecule has 8 heavy (non-hydrogen) atoms. The molecular formula is C4H10O4. The van der Waals surface area contributed by atoms with E-state index in [9.17, 15) is 0 Å². The van der Waals surface area contributed by atoms with Gasteiger partial charge in [0.2, 0.25) is 0 Å². The Bertz CT molecular complexity index is 61.1. The molecule has 0 amide bonds. The van der Waals surface area contributed by atoms with E-state index in [1.54, 1.807) is 13.8 Å². The SMILES string of the molecule is COC(C)(C)OOO. The van der Waals surface area contributed by atoms with Gasteiger partial charge < -0.3 is 4.74 Å². The van der Waals surface area contributed by atoms with Crippen LogP contribution in [0.2, 0.25) is 0 Å². The van der Waals surface area contributed by atoms with Crippen molar-refractivity contribution in [2.24, 2.45) is 0 Å². The maximum atomic E-state index is 7.73. The highest BCUT2D eigenvalue weighted by molar-refractivity contribution is 4.45. The van der Waals surface area contributed by atoms with Crippen LogP contribution in [0.5, 0.6) is 0 Å². The molecule has 0 bridgehead atoms. The first-order chi connectivity index (χ1) is 3.62. The van der Waals surface area contributed by atoms with Gasteiger partial charge in [-0.05, 0) is 13.8 Å². The summed E-state index contributed by atoms with van der Waals surface area (Å²) in [6.45, 7) is 3.20. The van der Waals surface area contributed by atoms with E-state index in [1.165, 1.54) is 7.11 Å². The van der Waals surface area contributed by atoms with Crippen LogP contribution in [0.4, 0.5) is 0 Å². The zero-order valence-corrected chi connectivity index (χ0v) is 5.17. The first kappa shape index (κ1) is 7.84. The molecule has 4 heteroatoms. The maximum Gasteiger partial charge on any atom is 0.198 e. The second-order valence-corrected chi connectivity index (χ2v) is 1.76. The highest BCUT2D eigenvalue weighted by atomic mass is 17.5. The minimum Gasteiger partial charge on any atom is -0.351 e. The third-order valence-electron chi connectivity index (χ3n) is 0.730. The fourth-order valence-electron chi connectivity index (χ4n) is 0.124. The van der Waals surface area contributed by atoms with Crippen molar-refractivity contribution in [3.63, 3.8) is 0 Å². The van der Waals surface area contributed by atoms with Gasteiger partial charge >= 0.3 is 0 Å². The summed E-state index contributed by atoms with van der Waals surface area (Å²) in [5.41, 5.74) is 0. The molecule has 0 aliphatic heterocycles. The van der Waals surface area contributed by atoms with Crippen molar-refractivity contribution in [1.82, 2.24) is 0 Å². The molecule has 0 saturated carbocycles. The molecule has 0 heterocycles. The van der Waals surface area contributed by atoms with E-state index < -0.39 is 5.79 Å². The Morgan fingerprint density at radius 3 is 2.00 bits per heavy atom. The summed E-state index contributed by atoms with van der Waals surface area (Å²) >= 11 is 0. The Hall–Kier alpha value is -0.160. The van der Waals surface area contributed by atoms with E-state index in [1.807, 2.05) is 0 Å². The van der Waals surface area contributed by atoms with E-state index in [0.29, 0.717) is 0 Å². The molecule has 0 radical (unpaired) electrons. The molecular weight excluding hydrogens is 112 g/mol. The van der Waals surface area contributed by atoms with Crippen LogP contribution in [0, 0.1) is 0 Å². The van der Waals surface area contributed by atoms with Crippen LogP contribution in [0.1, 0.15) is 13.8 Å². The van der Waals surface area contributed by atoms with Gasteiger partial charge in [-0.25, -0.2) is 5.26 Å². The average molecular weight is 122 g/mol. The summed E-state index contributed by atoms with van der Waals surface area (Å²) in [7, 11) is 1.44. The Morgan fingerprint density at radius 2 is 1.88 bits per heavy atom. The second kappa shape index (κ2) is 2.99. The fourth-order valence-corrected chi connectivity index (χ4v) is 0.124. The summed E-state index contributed by atoms with van der Waals surface area (Å²) in [4.78, 5) is 4.21. The molecule has 0 aliphatic rings. The van der Waals surface area contributed by atoms with Gasteiger partial charge in [0.15, 0.2) is 5.79 Å². The standard InChI is InChI=1S/C4H10O4/c1-4(2,6-3)7-8-5/h5H,1-3H3. The molecule has 1 N–H and O–H groups in total. The first-order valence-corrected chi connectivity index (χ1v) is 2.17. The van der Waals surface area contributed by atoms with E-state index in [-0.39, 0.29) is 0 Å². The van der Waals surface area contributed by atoms with E-state index in [2.05, 4.69) is 14.7 Å². The zero-order valence-electron chi connectivity index (χ0n) is 5.17. The molecule has 0 fully saturated rings. The molecule has 0 unspecified atom stereocenters. The Morgan fingerprint density at radius 1 is 1.38 bits per heavy atom. The highest BCUT2D eigenvalue weighted by Gasteiger charge is 2.17. The molecule has 0 saturated heterocycles. The third-order valence-corrected chi connectivity index (χ3v) is 0.730. The molecule has 0 rings (SSSR count). The van der Waals surface area contributed by atoms with Crippen LogP contribution >= 0.6 is 0 Å². The quantitative estimate of drug-likeness (QED) is 0.341. The zero-order chi connectivity index (χ0) is 6.62. The molecule has 50 valence electrons. The molecule has 0 atom stereocenters. The van der Waals surface area contributed by atoms with Gasteiger partial charge in [-0.15, -0.1) is 0 Å². The van der Waals surface area contributed by atoms with Gasteiger partial charge in [-0.3, -0.25) is 0 Å². The molecule has 0 aromatic heterocycles. The minimum atomic E-state index is -0.880. The van der Waals surface area contributed by atoms with Gasteiger partial charge in [0.1, 0.15) is 0 Å². The average Bonchev–Trinajstić information content (AvgIpc) is 1.67. The summed E-state index contributed by atoms with van der Waals surface area (Å²) in [6.07, 6.45) is 0. The van der Waals surface area contributed by atoms with Crippen molar-refractivity contribution in [1.29, 1.82) is 0 Å². The number of ether oxygens (including phenoxy) is 1. The highest BCUT2D eigenvalue weighted by Crippen LogP contribution is 2.07. The van der Waals surface area contributed by atoms with Crippen molar-refractivity contribution in [2.75, 3.05) is 7.11 Å². The first-order valence-electron chi connectivity index (χ1n) is 2.17. The Labute approximate surface area is 47.8 Å². The molecule has 0 aromatic carbocycles. The minimum absolute atomic E-state index is 0.880. The summed E-state index contributed by atoms with van der Waals surface area (Å²) in [6, 6.07) is 0. The lowest BCUT2D eigenvalue weighted by atomic mass is 10.4. The van der Waals surface area contributed by atoms with Gasteiger partial charge in [0, 0.05) is 7.11 Å². The van der Waals surface area contributed by atoms with Crippen LogP contribution in [-0.2, 0) is 14.7 Å². The van der Waals surface area contributed by atoms with E-state index in [0.717, 1.165) is 0 Å². The lowest BCUT2D eigenvalue weighted by Crippen LogP contribution is -2.25. The van der Waals surface area contributed by atoms with Crippen LogP contribution in [-0.4, -0.2) is 18.2 Å². The number of hydrogen-bond donors (Lipinski definition) is 1. The molecule has 0 spiro atoms. The summed E-state index contributed by atoms with van der Waals surface area (Å²) < 4.78 is 4.67. The fraction of sp³-hybridized carbons (Fsp3) is 1.00. The lowest BCUT2D eigenvalue weighted by Gasteiger charge is -2.18. The van der Waals surface area contributed by atoms with Gasteiger partial charge in [0.05, 0.1) is 0 Å². The van der Waals surface area contributed by atoms with Crippen LogP contribution in [0.15, 0.2) is 0 Å². The van der Waals surface area contributed by atoms with Crippen molar-refractivity contribution in [3.8, 4) is 0 Å². The van der Waals surface area contributed by atoms with Crippen LogP contribution in [0.3, 0.4) is 0 Å². The number of hydrogen-bond acceptors (Lipinski definition) is 4. The molecule has 0 aliphatic carbocycles. The molecule has 4 nitrogen and oxygen atoms in total. The predicted molar refractivity (Wildman–Crippen MR) is 25.9 cm³/mol. The van der Waals surface area contributed by atoms with E-state index in [4.69, 9.17) is 5.26 Å².